The summed E-state index contributed by atoms with van der Waals surface area (Å²) in [5.41, 5.74) is 6.49. The van der Waals surface area contributed by atoms with Crippen LogP contribution < -0.4 is 10.5 Å². The van der Waals surface area contributed by atoms with Gasteiger partial charge in [0, 0.05) is 32.6 Å². The molecule has 0 fully saturated rings. The molecule has 2 N–H and O–H groups in total. The molecule has 1 rings (SSSR count). The summed E-state index contributed by atoms with van der Waals surface area (Å²) in [7, 11) is 3.48. The number of hydrogen-bond donors (Lipinski definition) is 1. The number of nitrogens with two attached hydrogens (primary N) is 1. The zero-order chi connectivity index (χ0) is 13.5. The summed E-state index contributed by atoms with van der Waals surface area (Å²) < 4.78 is 5.61. The highest BCUT2D eigenvalue weighted by Gasteiger charge is 2.08. The van der Waals surface area contributed by atoms with Gasteiger partial charge in [-0.2, -0.15) is 0 Å². The van der Waals surface area contributed by atoms with Crippen LogP contribution in [0.25, 0.3) is 0 Å². The SMILES string of the molecule is CN(C)C(=O)CCCOc1c(Cl)cccc1CN. The molecule has 0 aromatic heterocycles. The minimum absolute atomic E-state index is 0.0943. The Balaban J connectivity index is 2.47. The van der Waals surface area contributed by atoms with Crippen molar-refractivity contribution in [3.63, 3.8) is 0 Å². The number of rotatable bonds is 6. The molecule has 1 aromatic carbocycles. The van der Waals surface area contributed by atoms with Crippen molar-refractivity contribution >= 4 is 17.5 Å². The van der Waals surface area contributed by atoms with Gasteiger partial charge in [-0.3, -0.25) is 4.79 Å². The minimum Gasteiger partial charge on any atom is -0.492 e. The lowest BCUT2D eigenvalue weighted by Gasteiger charge is -2.13. The van der Waals surface area contributed by atoms with Crippen LogP contribution in [0, 0.1) is 0 Å². The molecule has 0 heterocycles. The number of halogens is 1. The molecule has 0 radical (unpaired) electrons. The number of carbonyl (C=O) groups is 1. The molecule has 4 nitrogen and oxygen atoms in total. The number of ether oxygens (including phenoxy) is 1. The van der Waals surface area contributed by atoms with Gasteiger partial charge in [-0.25, -0.2) is 0 Å². The van der Waals surface area contributed by atoms with Gasteiger partial charge in [0.2, 0.25) is 5.91 Å². The van der Waals surface area contributed by atoms with E-state index in [1.54, 1.807) is 25.1 Å². The molecule has 0 aliphatic carbocycles. The Morgan fingerprint density at radius 3 is 2.78 bits per heavy atom. The van der Waals surface area contributed by atoms with Gasteiger partial charge in [-0.15, -0.1) is 0 Å². The monoisotopic (exact) mass is 270 g/mol. The summed E-state index contributed by atoms with van der Waals surface area (Å²) in [6, 6.07) is 5.49. The highest BCUT2D eigenvalue weighted by Crippen LogP contribution is 2.28. The molecule has 0 saturated heterocycles. The first kappa shape index (κ1) is 14.8. The van der Waals surface area contributed by atoms with E-state index in [0.29, 0.717) is 36.8 Å². The van der Waals surface area contributed by atoms with Gasteiger partial charge in [0.25, 0.3) is 0 Å². The van der Waals surface area contributed by atoms with Crippen molar-refractivity contribution in [2.75, 3.05) is 20.7 Å². The second-order valence-corrected chi connectivity index (χ2v) is 4.58. The van der Waals surface area contributed by atoms with Crippen LogP contribution in [-0.4, -0.2) is 31.5 Å². The molecule has 0 atom stereocenters. The molecule has 0 aliphatic heterocycles. The van der Waals surface area contributed by atoms with Crippen LogP contribution in [0.4, 0.5) is 0 Å². The predicted molar refractivity (Wildman–Crippen MR) is 72.8 cm³/mol. The lowest BCUT2D eigenvalue weighted by Crippen LogP contribution is -2.21. The first-order valence-corrected chi connectivity index (χ1v) is 6.24. The molecule has 5 heteroatoms. The van der Waals surface area contributed by atoms with E-state index >= 15 is 0 Å². The van der Waals surface area contributed by atoms with E-state index in [2.05, 4.69) is 0 Å². The van der Waals surface area contributed by atoms with Crippen molar-refractivity contribution in [3.8, 4) is 5.75 Å². The number of amides is 1. The van der Waals surface area contributed by atoms with E-state index in [1.807, 2.05) is 12.1 Å². The predicted octanol–water partition coefficient (Wildman–Crippen LogP) is 2.05. The maximum atomic E-state index is 11.4. The third-order valence-electron chi connectivity index (χ3n) is 2.55. The van der Waals surface area contributed by atoms with Gasteiger partial charge in [-0.1, -0.05) is 23.7 Å². The van der Waals surface area contributed by atoms with Crippen molar-refractivity contribution in [1.82, 2.24) is 4.90 Å². The quantitative estimate of drug-likeness (QED) is 0.805. The fraction of sp³-hybridized carbons (Fsp3) is 0.462. The average Bonchev–Trinajstić information content (AvgIpc) is 2.35. The summed E-state index contributed by atoms with van der Waals surface area (Å²) in [4.78, 5) is 12.9. The summed E-state index contributed by atoms with van der Waals surface area (Å²) in [5.74, 6) is 0.718. The summed E-state index contributed by atoms with van der Waals surface area (Å²) in [6.45, 7) is 0.836. The summed E-state index contributed by atoms with van der Waals surface area (Å²) in [5, 5.41) is 0.553. The summed E-state index contributed by atoms with van der Waals surface area (Å²) >= 11 is 6.04. The Hall–Kier alpha value is -1.26. The Morgan fingerprint density at radius 2 is 2.17 bits per heavy atom. The number of para-hydroxylation sites is 1. The molecule has 0 unspecified atom stereocenters. The number of benzene rings is 1. The zero-order valence-electron chi connectivity index (χ0n) is 10.8. The first-order valence-electron chi connectivity index (χ1n) is 5.86. The molecular formula is C13H19ClN2O2. The number of carbonyl (C=O) groups excluding carboxylic acids is 1. The van der Waals surface area contributed by atoms with Crippen molar-refractivity contribution in [2.45, 2.75) is 19.4 Å². The van der Waals surface area contributed by atoms with E-state index in [4.69, 9.17) is 22.1 Å². The van der Waals surface area contributed by atoms with Crippen molar-refractivity contribution in [3.05, 3.63) is 28.8 Å². The molecular weight excluding hydrogens is 252 g/mol. The van der Waals surface area contributed by atoms with Crippen molar-refractivity contribution < 1.29 is 9.53 Å². The molecule has 0 aliphatic rings. The number of nitrogens with zero attached hydrogens (tertiary/aromatic N) is 1. The topological polar surface area (TPSA) is 55.6 Å². The molecule has 1 amide bonds. The largest absolute Gasteiger partial charge is 0.492 e. The Morgan fingerprint density at radius 1 is 1.44 bits per heavy atom. The molecule has 18 heavy (non-hydrogen) atoms. The van der Waals surface area contributed by atoms with E-state index < -0.39 is 0 Å². The fourth-order valence-electron chi connectivity index (χ4n) is 1.50. The van der Waals surface area contributed by atoms with Gasteiger partial charge >= 0.3 is 0 Å². The Bertz CT molecular complexity index is 408. The zero-order valence-corrected chi connectivity index (χ0v) is 11.5. The van der Waals surface area contributed by atoms with E-state index in [0.717, 1.165) is 5.56 Å². The lowest BCUT2D eigenvalue weighted by molar-refractivity contribution is -0.128. The maximum absolute atomic E-state index is 11.4. The van der Waals surface area contributed by atoms with Crippen LogP contribution in [0.15, 0.2) is 18.2 Å². The van der Waals surface area contributed by atoms with Crippen LogP contribution in [0.5, 0.6) is 5.75 Å². The summed E-state index contributed by atoms with van der Waals surface area (Å²) in [6.07, 6.45) is 1.13. The van der Waals surface area contributed by atoms with E-state index in [-0.39, 0.29) is 5.91 Å². The standard InChI is InChI=1S/C13H19ClN2O2/c1-16(2)12(17)7-4-8-18-13-10(9-15)5-3-6-11(13)14/h3,5-6H,4,7-9,15H2,1-2H3. The van der Waals surface area contributed by atoms with E-state index in [1.165, 1.54) is 0 Å². The maximum Gasteiger partial charge on any atom is 0.222 e. The van der Waals surface area contributed by atoms with Crippen LogP contribution >= 0.6 is 11.6 Å². The first-order chi connectivity index (χ1) is 8.56. The van der Waals surface area contributed by atoms with Crippen LogP contribution in [-0.2, 0) is 11.3 Å². The van der Waals surface area contributed by atoms with Gasteiger partial charge in [0.15, 0.2) is 0 Å². The highest BCUT2D eigenvalue weighted by molar-refractivity contribution is 6.32. The fourth-order valence-corrected chi connectivity index (χ4v) is 1.75. The third-order valence-corrected chi connectivity index (χ3v) is 2.85. The van der Waals surface area contributed by atoms with Crippen LogP contribution in [0.1, 0.15) is 18.4 Å². The average molecular weight is 271 g/mol. The number of hydrogen-bond acceptors (Lipinski definition) is 3. The second-order valence-electron chi connectivity index (χ2n) is 4.17. The van der Waals surface area contributed by atoms with Gasteiger partial charge < -0.3 is 15.4 Å². The Kier molecular flexibility index (Phi) is 5.95. The minimum atomic E-state index is 0.0943. The molecule has 0 saturated carbocycles. The third kappa shape index (κ3) is 4.20. The lowest BCUT2D eigenvalue weighted by atomic mass is 10.2. The van der Waals surface area contributed by atoms with Crippen LogP contribution in [0.2, 0.25) is 5.02 Å². The normalized spacial score (nSPS) is 10.2. The molecule has 0 spiro atoms. The Labute approximate surface area is 113 Å². The second kappa shape index (κ2) is 7.24. The van der Waals surface area contributed by atoms with E-state index in [9.17, 15) is 4.79 Å². The smallest absolute Gasteiger partial charge is 0.222 e. The van der Waals surface area contributed by atoms with Crippen molar-refractivity contribution in [2.24, 2.45) is 5.73 Å². The highest BCUT2D eigenvalue weighted by atomic mass is 35.5. The van der Waals surface area contributed by atoms with Gasteiger partial charge in [-0.05, 0) is 12.5 Å². The molecule has 1 aromatic rings. The van der Waals surface area contributed by atoms with Crippen molar-refractivity contribution in [1.29, 1.82) is 0 Å². The molecule has 0 bridgehead atoms. The van der Waals surface area contributed by atoms with Crippen LogP contribution in [0.3, 0.4) is 0 Å². The van der Waals surface area contributed by atoms with Gasteiger partial charge in [0.1, 0.15) is 5.75 Å². The van der Waals surface area contributed by atoms with Gasteiger partial charge in [0.05, 0.1) is 11.6 Å². The molecule has 100 valence electrons.